The number of nitrogens with zero attached hydrogens (tertiary/aromatic N) is 3. The fourth-order valence-corrected chi connectivity index (χ4v) is 1.25. The second kappa shape index (κ2) is 4.08. The van der Waals surface area contributed by atoms with Crippen molar-refractivity contribution < 1.29 is 4.39 Å². The van der Waals surface area contributed by atoms with Crippen LogP contribution in [0.3, 0.4) is 0 Å². The first-order chi connectivity index (χ1) is 7.28. The molecule has 0 aliphatic heterocycles. The van der Waals surface area contributed by atoms with Gasteiger partial charge in [-0.1, -0.05) is 0 Å². The van der Waals surface area contributed by atoms with Crippen LogP contribution in [-0.2, 0) is 6.54 Å². The summed E-state index contributed by atoms with van der Waals surface area (Å²) < 4.78 is 14.3. The normalized spacial score (nSPS) is 10.3. The smallest absolute Gasteiger partial charge is 0.141 e. The molecule has 0 atom stereocenters. The van der Waals surface area contributed by atoms with E-state index in [1.165, 1.54) is 12.3 Å². The Kier molecular flexibility index (Phi) is 2.62. The summed E-state index contributed by atoms with van der Waals surface area (Å²) in [6.07, 6.45) is 4.80. The highest BCUT2D eigenvalue weighted by atomic mass is 19.1. The molecule has 0 aromatic carbocycles. The van der Waals surface area contributed by atoms with E-state index in [1.807, 2.05) is 13.2 Å². The Balaban J connectivity index is 2.11. The van der Waals surface area contributed by atoms with Crippen molar-refractivity contribution in [2.24, 2.45) is 0 Å². The van der Waals surface area contributed by atoms with Crippen molar-refractivity contribution in [3.8, 4) is 0 Å². The number of pyridine rings is 1. The minimum Gasteiger partial charge on any atom is -0.386 e. The van der Waals surface area contributed by atoms with Crippen LogP contribution >= 0.6 is 0 Å². The molecule has 0 aliphatic rings. The van der Waals surface area contributed by atoms with Crippen LogP contribution in [0.2, 0.25) is 0 Å². The van der Waals surface area contributed by atoms with Gasteiger partial charge in [0.05, 0.1) is 30.3 Å². The standard InChI is InChI=1S/C10H11FN4/c1-12-10-5-14-15(7-10)6-9-3-2-8(11)4-13-9/h2-5,7,12H,6H2,1H3. The zero-order valence-electron chi connectivity index (χ0n) is 8.31. The first-order valence-corrected chi connectivity index (χ1v) is 4.58. The predicted molar refractivity (Wildman–Crippen MR) is 55.1 cm³/mol. The molecule has 4 nitrogen and oxygen atoms in total. The van der Waals surface area contributed by atoms with Crippen LogP contribution in [-0.4, -0.2) is 21.8 Å². The summed E-state index contributed by atoms with van der Waals surface area (Å²) in [5.74, 6) is -0.324. The van der Waals surface area contributed by atoms with Crippen molar-refractivity contribution >= 4 is 5.69 Å². The fourth-order valence-electron chi connectivity index (χ4n) is 1.25. The molecule has 0 aliphatic carbocycles. The Hall–Kier alpha value is -1.91. The van der Waals surface area contributed by atoms with Crippen LogP contribution in [0.1, 0.15) is 5.69 Å². The first-order valence-electron chi connectivity index (χ1n) is 4.58. The van der Waals surface area contributed by atoms with Gasteiger partial charge in [0.25, 0.3) is 0 Å². The molecule has 5 heteroatoms. The van der Waals surface area contributed by atoms with Crippen molar-refractivity contribution in [1.29, 1.82) is 0 Å². The maximum Gasteiger partial charge on any atom is 0.141 e. The Morgan fingerprint density at radius 1 is 1.40 bits per heavy atom. The minimum atomic E-state index is -0.324. The SMILES string of the molecule is CNc1cnn(Cc2ccc(F)cn2)c1. The summed E-state index contributed by atoms with van der Waals surface area (Å²) in [4.78, 5) is 3.95. The van der Waals surface area contributed by atoms with E-state index in [0.717, 1.165) is 11.4 Å². The predicted octanol–water partition coefficient (Wildman–Crippen LogP) is 1.51. The van der Waals surface area contributed by atoms with Crippen molar-refractivity contribution in [3.05, 3.63) is 42.2 Å². The summed E-state index contributed by atoms with van der Waals surface area (Å²) in [6.45, 7) is 0.544. The van der Waals surface area contributed by atoms with Gasteiger partial charge in [-0.05, 0) is 12.1 Å². The highest BCUT2D eigenvalue weighted by Gasteiger charge is 1.99. The molecule has 2 aromatic heterocycles. The molecule has 2 rings (SSSR count). The van der Waals surface area contributed by atoms with E-state index in [4.69, 9.17) is 0 Å². The van der Waals surface area contributed by atoms with Gasteiger partial charge >= 0.3 is 0 Å². The van der Waals surface area contributed by atoms with Crippen LogP contribution in [0.5, 0.6) is 0 Å². The lowest BCUT2D eigenvalue weighted by atomic mass is 10.3. The van der Waals surface area contributed by atoms with Gasteiger partial charge in [-0.3, -0.25) is 9.67 Å². The Morgan fingerprint density at radius 2 is 2.27 bits per heavy atom. The van der Waals surface area contributed by atoms with Gasteiger partial charge in [0.1, 0.15) is 5.82 Å². The Morgan fingerprint density at radius 3 is 2.87 bits per heavy atom. The molecule has 78 valence electrons. The van der Waals surface area contributed by atoms with Gasteiger partial charge < -0.3 is 5.32 Å². The molecule has 0 saturated heterocycles. The lowest BCUT2D eigenvalue weighted by Crippen LogP contribution is -2.02. The molecular formula is C10H11FN4. The quantitative estimate of drug-likeness (QED) is 0.827. The maximum absolute atomic E-state index is 12.6. The van der Waals surface area contributed by atoms with Crippen LogP contribution in [0.4, 0.5) is 10.1 Å². The molecular weight excluding hydrogens is 195 g/mol. The van der Waals surface area contributed by atoms with Crippen LogP contribution in [0.25, 0.3) is 0 Å². The van der Waals surface area contributed by atoms with Gasteiger partial charge in [-0.2, -0.15) is 5.10 Å². The van der Waals surface area contributed by atoms with Crippen LogP contribution in [0, 0.1) is 5.82 Å². The average molecular weight is 206 g/mol. The lowest BCUT2D eigenvalue weighted by Gasteiger charge is -2.00. The van der Waals surface area contributed by atoms with Gasteiger partial charge in [0, 0.05) is 13.2 Å². The molecule has 0 spiro atoms. The van der Waals surface area contributed by atoms with Crippen molar-refractivity contribution in [2.75, 3.05) is 12.4 Å². The molecule has 0 unspecified atom stereocenters. The third-order valence-corrected chi connectivity index (χ3v) is 2.03. The Labute approximate surface area is 86.8 Å². The fraction of sp³-hybridized carbons (Fsp3) is 0.200. The summed E-state index contributed by atoms with van der Waals surface area (Å²) in [5, 5.41) is 7.10. The molecule has 1 N–H and O–H groups in total. The molecule has 0 radical (unpaired) electrons. The van der Waals surface area contributed by atoms with Gasteiger partial charge in [0.15, 0.2) is 0 Å². The van der Waals surface area contributed by atoms with Gasteiger partial charge in [-0.25, -0.2) is 4.39 Å². The topological polar surface area (TPSA) is 42.7 Å². The van der Waals surface area contributed by atoms with E-state index in [2.05, 4.69) is 15.4 Å². The van der Waals surface area contributed by atoms with Crippen molar-refractivity contribution in [3.63, 3.8) is 0 Å². The molecule has 0 bridgehead atoms. The lowest BCUT2D eigenvalue weighted by molar-refractivity contribution is 0.612. The number of rotatable bonds is 3. The van der Waals surface area contributed by atoms with E-state index in [1.54, 1.807) is 16.9 Å². The summed E-state index contributed by atoms with van der Waals surface area (Å²) in [6, 6.07) is 3.04. The van der Waals surface area contributed by atoms with E-state index >= 15 is 0 Å². The number of halogens is 1. The van der Waals surface area contributed by atoms with E-state index in [0.29, 0.717) is 6.54 Å². The summed E-state index contributed by atoms with van der Waals surface area (Å²) in [7, 11) is 1.83. The summed E-state index contributed by atoms with van der Waals surface area (Å²) in [5.41, 5.74) is 1.72. The molecule has 2 heterocycles. The molecule has 0 fully saturated rings. The third-order valence-electron chi connectivity index (χ3n) is 2.03. The first kappa shape index (κ1) is 9.64. The molecule has 15 heavy (non-hydrogen) atoms. The maximum atomic E-state index is 12.6. The number of anilines is 1. The Bertz CT molecular complexity index is 435. The third kappa shape index (κ3) is 2.31. The zero-order valence-corrected chi connectivity index (χ0v) is 8.31. The van der Waals surface area contributed by atoms with E-state index < -0.39 is 0 Å². The van der Waals surface area contributed by atoms with Gasteiger partial charge in [0.2, 0.25) is 0 Å². The molecule has 2 aromatic rings. The minimum absolute atomic E-state index is 0.324. The summed E-state index contributed by atoms with van der Waals surface area (Å²) >= 11 is 0. The van der Waals surface area contributed by atoms with E-state index in [-0.39, 0.29) is 5.82 Å². The monoisotopic (exact) mass is 206 g/mol. The molecule has 0 saturated carbocycles. The van der Waals surface area contributed by atoms with Crippen molar-refractivity contribution in [2.45, 2.75) is 6.54 Å². The number of hydrogen-bond acceptors (Lipinski definition) is 3. The van der Waals surface area contributed by atoms with Crippen LogP contribution in [0.15, 0.2) is 30.7 Å². The van der Waals surface area contributed by atoms with Gasteiger partial charge in [-0.15, -0.1) is 0 Å². The number of hydrogen-bond donors (Lipinski definition) is 1. The highest BCUT2D eigenvalue weighted by molar-refractivity contribution is 5.36. The average Bonchev–Trinajstić information content (AvgIpc) is 2.69. The highest BCUT2D eigenvalue weighted by Crippen LogP contribution is 2.05. The zero-order chi connectivity index (χ0) is 10.7. The second-order valence-electron chi connectivity index (χ2n) is 3.14. The second-order valence-corrected chi connectivity index (χ2v) is 3.14. The number of aromatic nitrogens is 3. The van der Waals surface area contributed by atoms with Crippen LogP contribution < -0.4 is 5.32 Å². The van der Waals surface area contributed by atoms with E-state index in [9.17, 15) is 4.39 Å². The number of nitrogens with one attached hydrogen (secondary N) is 1. The molecule has 0 amide bonds. The van der Waals surface area contributed by atoms with Crippen molar-refractivity contribution in [1.82, 2.24) is 14.8 Å². The largest absolute Gasteiger partial charge is 0.386 e.